The van der Waals surface area contributed by atoms with Crippen LogP contribution in [0.15, 0.2) is 42.5 Å². The van der Waals surface area contributed by atoms with Gasteiger partial charge in [0.1, 0.15) is 5.92 Å². The number of aryl methyl sites for hydroxylation is 1. The second-order valence-corrected chi connectivity index (χ2v) is 10.1. The fraction of sp³-hybridized carbons (Fsp3) is 0.500. The third kappa shape index (κ3) is 8.09. The second kappa shape index (κ2) is 9.63. The molecule has 3 nitrogen and oxygen atoms in total. The van der Waals surface area contributed by atoms with E-state index in [-0.39, 0.29) is 6.61 Å². The fourth-order valence-electron chi connectivity index (χ4n) is 2.24. The Balaban J connectivity index is 2.68. The Kier molecular flexibility index (Phi) is 8.20. The molecule has 0 radical (unpaired) electrons. The average molecular weight is 338 g/mol. The van der Waals surface area contributed by atoms with Crippen molar-refractivity contribution >= 4 is 14.4 Å². The van der Waals surface area contributed by atoms with Gasteiger partial charge in [0, 0.05) is 0 Å². The van der Waals surface area contributed by atoms with Gasteiger partial charge in [-0.3, -0.25) is 4.79 Å². The highest BCUT2D eigenvalue weighted by atomic mass is 28.4. The van der Waals surface area contributed by atoms with E-state index in [1.807, 2.05) is 30.3 Å². The van der Waals surface area contributed by atoms with Crippen molar-refractivity contribution < 1.29 is 18.7 Å². The predicted octanol–water partition coefficient (Wildman–Crippen LogP) is 3.89. The number of halogens is 1. The number of rotatable bonds is 9. The highest BCUT2D eigenvalue weighted by molar-refractivity contribution is 6.70. The number of allylic oxidation sites excluding steroid dienone is 1. The van der Waals surface area contributed by atoms with E-state index >= 15 is 0 Å². The Hall–Kier alpha value is -1.46. The molecule has 1 aromatic carbocycles. The molecule has 0 aromatic heterocycles. The summed E-state index contributed by atoms with van der Waals surface area (Å²) in [4.78, 5) is 12.0. The first kappa shape index (κ1) is 19.6. The van der Waals surface area contributed by atoms with Gasteiger partial charge in [0.05, 0.1) is 12.7 Å². The van der Waals surface area contributed by atoms with Crippen LogP contribution in [0.2, 0.25) is 19.1 Å². The van der Waals surface area contributed by atoms with Gasteiger partial charge in [-0.2, -0.15) is 0 Å². The average Bonchev–Trinajstić information content (AvgIpc) is 2.49. The van der Waals surface area contributed by atoms with E-state index in [2.05, 4.69) is 0 Å². The second-order valence-electron chi connectivity index (χ2n) is 6.22. The van der Waals surface area contributed by atoms with E-state index in [1.165, 1.54) is 0 Å². The van der Waals surface area contributed by atoms with Crippen molar-refractivity contribution in [1.29, 1.82) is 0 Å². The number of carbonyl (C=O) groups is 1. The Morgan fingerprint density at radius 3 is 2.57 bits per heavy atom. The summed E-state index contributed by atoms with van der Waals surface area (Å²) in [6, 6.07) is 10.1. The Morgan fingerprint density at radius 1 is 1.35 bits per heavy atom. The first-order valence-electron chi connectivity index (χ1n) is 8.07. The van der Waals surface area contributed by atoms with Crippen LogP contribution < -0.4 is 0 Å². The maximum absolute atomic E-state index is 13.7. The van der Waals surface area contributed by atoms with Gasteiger partial charge in [0.25, 0.3) is 0 Å². The number of esters is 1. The Bertz CT molecular complexity index is 497. The monoisotopic (exact) mass is 338 g/mol. The minimum atomic E-state index is -2.70. The Labute approximate surface area is 139 Å². The lowest BCUT2D eigenvalue weighted by molar-refractivity contribution is -0.149. The first-order chi connectivity index (χ1) is 10.8. The van der Waals surface area contributed by atoms with Crippen molar-refractivity contribution in [2.45, 2.75) is 45.0 Å². The van der Waals surface area contributed by atoms with Crippen LogP contribution in [0.5, 0.6) is 0 Å². The zero-order valence-electron chi connectivity index (χ0n) is 14.2. The fourth-order valence-corrected chi connectivity index (χ4v) is 2.93. The number of hydrogen-bond acceptors (Lipinski definition) is 3. The number of ether oxygens (including phenoxy) is 1. The third-order valence-corrected chi connectivity index (χ3v) is 4.70. The molecule has 1 aromatic rings. The van der Waals surface area contributed by atoms with Gasteiger partial charge in [-0.1, -0.05) is 42.5 Å². The summed E-state index contributed by atoms with van der Waals surface area (Å²) < 4.78 is 18.7. The van der Waals surface area contributed by atoms with E-state index in [0.29, 0.717) is 18.9 Å². The van der Waals surface area contributed by atoms with Crippen LogP contribution in [0.1, 0.15) is 18.9 Å². The molecule has 2 atom stereocenters. The molecule has 0 heterocycles. The molecular formula is C18H27FO3Si. The minimum absolute atomic E-state index is 0.262. The van der Waals surface area contributed by atoms with Crippen LogP contribution >= 0.6 is 0 Å². The molecule has 5 heteroatoms. The van der Waals surface area contributed by atoms with Crippen LogP contribution in [-0.2, 0) is 16.0 Å². The SMILES string of the molecule is CCOC(=O)[C@@H](/C=C/C[Si](C)(C)F)[C@H](O)CCc1ccccc1. The van der Waals surface area contributed by atoms with E-state index in [9.17, 15) is 14.0 Å². The van der Waals surface area contributed by atoms with Crippen molar-refractivity contribution in [2.75, 3.05) is 6.61 Å². The number of aliphatic hydroxyl groups is 1. The van der Waals surface area contributed by atoms with Crippen LogP contribution in [0, 0.1) is 5.92 Å². The van der Waals surface area contributed by atoms with Gasteiger partial charge in [0.15, 0.2) is 0 Å². The van der Waals surface area contributed by atoms with Crippen molar-refractivity contribution in [3.63, 3.8) is 0 Å². The summed E-state index contributed by atoms with van der Waals surface area (Å²) in [6.45, 7) is 5.22. The maximum Gasteiger partial charge on any atom is 0.315 e. The number of aliphatic hydroxyl groups excluding tert-OH is 1. The molecule has 0 aliphatic rings. The number of carbonyl (C=O) groups excluding carboxylic acids is 1. The molecule has 0 amide bonds. The van der Waals surface area contributed by atoms with Crippen molar-refractivity contribution in [3.8, 4) is 0 Å². The summed E-state index contributed by atoms with van der Waals surface area (Å²) in [6.07, 6.45) is 3.56. The summed E-state index contributed by atoms with van der Waals surface area (Å²) in [5, 5.41) is 10.4. The molecule has 0 spiro atoms. The standard InChI is InChI=1S/C18H27FO3Si/c1-4-22-18(21)16(11-8-14-23(2,3)19)17(20)13-12-15-9-6-5-7-10-15/h5-11,16-17,20H,4,12-14H2,1-3H3/b11-8+/t16-,17+/m0/s1. The molecule has 1 rings (SSSR count). The highest BCUT2D eigenvalue weighted by Gasteiger charge is 2.26. The normalized spacial score (nSPS) is 14.7. The molecule has 23 heavy (non-hydrogen) atoms. The van der Waals surface area contributed by atoms with E-state index < -0.39 is 26.4 Å². The number of hydrogen-bond donors (Lipinski definition) is 1. The van der Waals surface area contributed by atoms with Gasteiger partial charge in [-0.15, -0.1) is 0 Å². The molecule has 1 N–H and O–H groups in total. The molecule has 0 saturated heterocycles. The lowest BCUT2D eigenvalue weighted by Crippen LogP contribution is -2.29. The van der Waals surface area contributed by atoms with Crippen LogP contribution in [-0.4, -0.2) is 32.2 Å². The van der Waals surface area contributed by atoms with Gasteiger partial charge in [-0.05, 0) is 44.5 Å². The topological polar surface area (TPSA) is 46.5 Å². The zero-order chi connectivity index (χ0) is 17.3. The molecule has 0 fully saturated rings. The lowest BCUT2D eigenvalue weighted by atomic mass is 9.96. The Morgan fingerprint density at radius 2 is 2.00 bits per heavy atom. The summed E-state index contributed by atoms with van der Waals surface area (Å²) in [5.41, 5.74) is 1.11. The molecule has 0 bridgehead atoms. The van der Waals surface area contributed by atoms with Gasteiger partial charge < -0.3 is 14.0 Å². The zero-order valence-corrected chi connectivity index (χ0v) is 15.2. The molecule has 0 unspecified atom stereocenters. The molecule has 128 valence electrons. The predicted molar refractivity (Wildman–Crippen MR) is 93.4 cm³/mol. The maximum atomic E-state index is 13.7. The molecule has 0 saturated carbocycles. The number of benzene rings is 1. The molecule has 0 aliphatic heterocycles. The van der Waals surface area contributed by atoms with Crippen molar-refractivity contribution in [1.82, 2.24) is 0 Å². The summed E-state index contributed by atoms with van der Waals surface area (Å²) in [5.74, 6) is -1.20. The van der Waals surface area contributed by atoms with Crippen LogP contribution in [0.25, 0.3) is 0 Å². The highest BCUT2D eigenvalue weighted by Crippen LogP contribution is 2.18. The molecule has 0 aliphatic carbocycles. The third-order valence-electron chi connectivity index (χ3n) is 3.49. The first-order valence-corrected chi connectivity index (χ1v) is 11.2. The smallest absolute Gasteiger partial charge is 0.315 e. The van der Waals surface area contributed by atoms with Gasteiger partial charge >= 0.3 is 5.97 Å². The minimum Gasteiger partial charge on any atom is -0.465 e. The van der Waals surface area contributed by atoms with Crippen LogP contribution in [0.4, 0.5) is 4.11 Å². The van der Waals surface area contributed by atoms with E-state index in [1.54, 1.807) is 32.2 Å². The van der Waals surface area contributed by atoms with E-state index in [4.69, 9.17) is 4.74 Å². The van der Waals surface area contributed by atoms with Crippen molar-refractivity contribution in [3.05, 3.63) is 48.0 Å². The summed E-state index contributed by atoms with van der Waals surface area (Å²) in [7, 11) is -2.70. The van der Waals surface area contributed by atoms with E-state index in [0.717, 1.165) is 5.56 Å². The lowest BCUT2D eigenvalue weighted by Gasteiger charge is -2.19. The summed E-state index contributed by atoms with van der Waals surface area (Å²) >= 11 is 0. The quantitative estimate of drug-likeness (QED) is 0.322. The molecular weight excluding hydrogens is 311 g/mol. The van der Waals surface area contributed by atoms with Gasteiger partial charge in [0.2, 0.25) is 8.41 Å². The van der Waals surface area contributed by atoms with Crippen molar-refractivity contribution in [2.24, 2.45) is 5.92 Å². The van der Waals surface area contributed by atoms with Crippen LogP contribution in [0.3, 0.4) is 0 Å². The largest absolute Gasteiger partial charge is 0.465 e. The van der Waals surface area contributed by atoms with Gasteiger partial charge in [-0.25, -0.2) is 0 Å².